The molecule has 0 fully saturated rings. The van der Waals surface area contributed by atoms with E-state index in [9.17, 15) is 0 Å². The quantitative estimate of drug-likeness (QED) is 0.162. The summed E-state index contributed by atoms with van der Waals surface area (Å²) in [7, 11) is 0. The van der Waals surface area contributed by atoms with Crippen LogP contribution in [0.1, 0.15) is 27.7 Å². The number of hydrogen-bond donors (Lipinski definition) is 0. The van der Waals surface area contributed by atoms with Gasteiger partial charge in [-0.25, -0.2) is 9.97 Å². The molecular formula is C60H47N3. The van der Waals surface area contributed by atoms with Crippen molar-refractivity contribution in [2.24, 2.45) is 0 Å². The summed E-state index contributed by atoms with van der Waals surface area (Å²) in [6, 6.07) is 76.4. The summed E-state index contributed by atoms with van der Waals surface area (Å²) in [6.07, 6.45) is 0. The van der Waals surface area contributed by atoms with E-state index in [4.69, 9.17) is 9.97 Å². The lowest BCUT2D eigenvalue weighted by Crippen LogP contribution is -1.96. The van der Waals surface area contributed by atoms with Gasteiger partial charge in [-0.05, 0) is 90.6 Å². The molecule has 10 aromatic carbocycles. The van der Waals surface area contributed by atoms with E-state index in [1.54, 1.807) is 0 Å². The highest BCUT2D eigenvalue weighted by Crippen LogP contribution is 2.43. The molecule has 302 valence electrons. The van der Waals surface area contributed by atoms with E-state index < -0.39 is 0 Å². The Hall–Kier alpha value is -7.88. The monoisotopic (exact) mass is 809 g/mol. The van der Waals surface area contributed by atoms with Crippen molar-refractivity contribution < 1.29 is 0 Å². The van der Waals surface area contributed by atoms with E-state index in [-0.39, 0.29) is 0 Å². The summed E-state index contributed by atoms with van der Waals surface area (Å²) in [4.78, 5) is 10.5. The van der Waals surface area contributed by atoms with Gasteiger partial charge in [-0.2, -0.15) is 0 Å². The van der Waals surface area contributed by atoms with Crippen LogP contribution in [0.15, 0.2) is 212 Å². The zero-order valence-electron chi connectivity index (χ0n) is 36.0. The normalized spacial score (nSPS) is 11.2. The standard InChI is InChI=1S/C56H35N3.2C2H6/c1-3-15-37(16-4-1)51-35-52(38-17-5-2-6-18-38)58-56(57-51)41-28-30-46-44-20-9-10-21-45(44)49-24-13-23-43(55(49)50(46)33-41)40-27-31-48-47-22-11-12-25-53(47)59(54(48)34-40)42-29-26-36-14-7-8-19-39(36)32-42;2*1-2/h1-35H;2*1-2H3. The van der Waals surface area contributed by atoms with Gasteiger partial charge in [-0.3, -0.25) is 0 Å². The molecule has 0 saturated heterocycles. The lowest BCUT2D eigenvalue weighted by Gasteiger charge is -2.16. The predicted molar refractivity (Wildman–Crippen MR) is 271 cm³/mol. The van der Waals surface area contributed by atoms with Crippen LogP contribution >= 0.6 is 0 Å². The molecule has 0 aliphatic heterocycles. The molecule has 0 N–H and O–H groups in total. The highest BCUT2D eigenvalue weighted by Gasteiger charge is 2.18. The Labute approximate surface area is 368 Å². The van der Waals surface area contributed by atoms with Crippen LogP contribution in [0.25, 0.3) is 116 Å². The Balaban J connectivity index is 0.00000115. The number of benzene rings is 10. The number of nitrogens with zero attached hydrogens (tertiary/aromatic N) is 3. The largest absolute Gasteiger partial charge is 0.309 e. The first-order valence-electron chi connectivity index (χ1n) is 22.2. The van der Waals surface area contributed by atoms with Crippen LogP contribution in [-0.4, -0.2) is 14.5 Å². The molecule has 12 aromatic rings. The van der Waals surface area contributed by atoms with E-state index in [1.165, 1.54) is 76.0 Å². The molecule has 0 unspecified atom stereocenters. The van der Waals surface area contributed by atoms with Crippen molar-refractivity contribution in [3.8, 4) is 50.7 Å². The van der Waals surface area contributed by atoms with Crippen molar-refractivity contribution in [2.75, 3.05) is 0 Å². The predicted octanol–water partition coefficient (Wildman–Crippen LogP) is 16.9. The second-order valence-electron chi connectivity index (χ2n) is 15.3. The molecule has 0 amide bonds. The van der Waals surface area contributed by atoms with E-state index in [1.807, 2.05) is 39.8 Å². The summed E-state index contributed by atoms with van der Waals surface area (Å²) in [5, 5.41) is 12.2. The third kappa shape index (κ3) is 6.89. The molecule has 0 aliphatic carbocycles. The summed E-state index contributed by atoms with van der Waals surface area (Å²) in [6.45, 7) is 8.00. The average molecular weight is 810 g/mol. The second kappa shape index (κ2) is 16.9. The number of rotatable bonds is 5. The van der Waals surface area contributed by atoms with Gasteiger partial charge in [0.05, 0.1) is 22.4 Å². The smallest absolute Gasteiger partial charge is 0.160 e. The molecule has 0 radical (unpaired) electrons. The Morgan fingerprint density at radius 2 is 0.857 bits per heavy atom. The maximum absolute atomic E-state index is 5.23. The number of hydrogen-bond acceptors (Lipinski definition) is 2. The van der Waals surface area contributed by atoms with Crippen molar-refractivity contribution in [1.82, 2.24) is 14.5 Å². The van der Waals surface area contributed by atoms with E-state index >= 15 is 0 Å². The third-order valence-electron chi connectivity index (χ3n) is 12.0. The van der Waals surface area contributed by atoms with Gasteiger partial charge in [0.1, 0.15) is 0 Å². The van der Waals surface area contributed by atoms with Crippen LogP contribution in [0, 0.1) is 0 Å². The van der Waals surface area contributed by atoms with Gasteiger partial charge in [-0.15, -0.1) is 0 Å². The number of fused-ring (bicyclic) bond motifs is 10. The summed E-state index contributed by atoms with van der Waals surface area (Å²) in [5.41, 5.74) is 10.8. The van der Waals surface area contributed by atoms with Crippen molar-refractivity contribution in [2.45, 2.75) is 27.7 Å². The van der Waals surface area contributed by atoms with Crippen LogP contribution < -0.4 is 0 Å². The van der Waals surface area contributed by atoms with Crippen LogP contribution in [-0.2, 0) is 0 Å². The van der Waals surface area contributed by atoms with Crippen molar-refractivity contribution in [3.05, 3.63) is 212 Å². The highest BCUT2D eigenvalue weighted by atomic mass is 15.0. The maximum Gasteiger partial charge on any atom is 0.160 e. The maximum atomic E-state index is 5.23. The molecule has 0 saturated carbocycles. The Bertz CT molecular complexity index is 3550. The summed E-state index contributed by atoms with van der Waals surface area (Å²) in [5.74, 6) is 0.701. The fourth-order valence-corrected chi connectivity index (χ4v) is 9.21. The zero-order chi connectivity index (χ0) is 42.9. The molecule has 3 nitrogen and oxygen atoms in total. The SMILES string of the molecule is CC.CC.c1ccc(-c2cc(-c3ccccc3)nc(-c3ccc4c5ccccc5c5cccc(-c6ccc7c8ccccc8n(-c8ccc9ccccc9c8)c7c6)c5c4c3)n2)cc1. The van der Waals surface area contributed by atoms with Crippen LogP contribution in [0.5, 0.6) is 0 Å². The molecule has 0 aliphatic rings. The second-order valence-corrected chi connectivity index (χ2v) is 15.3. The highest BCUT2D eigenvalue weighted by molar-refractivity contribution is 6.29. The van der Waals surface area contributed by atoms with Gasteiger partial charge in [0.2, 0.25) is 0 Å². The molecule has 0 spiro atoms. The topological polar surface area (TPSA) is 30.7 Å². The third-order valence-corrected chi connectivity index (χ3v) is 12.0. The van der Waals surface area contributed by atoms with E-state index in [2.05, 4.69) is 205 Å². The fraction of sp³-hybridized carbons (Fsp3) is 0.0667. The summed E-state index contributed by atoms with van der Waals surface area (Å²) >= 11 is 0. The van der Waals surface area contributed by atoms with Crippen LogP contribution in [0.2, 0.25) is 0 Å². The molecule has 0 atom stereocenters. The lowest BCUT2D eigenvalue weighted by molar-refractivity contribution is 1.18. The number of aromatic nitrogens is 3. The van der Waals surface area contributed by atoms with Gasteiger partial charge < -0.3 is 4.57 Å². The first-order valence-corrected chi connectivity index (χ1v) is 22.2. The Morgan fingerprint density at radius 1 is 0.317 bits per heavy atom. The lowest BCUT2D eigenvalue weighted by atomic mass is 9.88. The van der Waals surface area contributed by atoms with Crippen molar-refractivity contribution in [3.63, 3.8) is 0 Å². The summed E-state index contributed by atoms with van der Waals surface area (Å²) < 4.78 is 2.43. The minimum atomic E-state index is 0.701. The first-order chi connectivity index (χ1) is 31.2. The van der Waals surface area contributed by atoms with E-state index in [0.717, 1.165) is 33.8 Å². The molecule has 3 heteroatoms. The molecule has 63 heavy (non-hydrogen) atoms. The van der Waals surface area contributed by atoms with Gasteiger partial charge >= 0.3 is 0 Å². The van der Waals surface area contributed by atoms with Gasteiger partial charge in [0, 0.05) is 33.2 Å². The Kier molecular flexibility index (Phi) is 10.5. The fourth-order valence-electron chi connectivity index (χ4n) is 9.21. The van der Waals surface area contributed by atoms with Gasteiger partial charge in [0.25, 0.3) is 0 Å². The molecular weight excluding hydrogens is 763 g/mol. The molecule has 12 rings (SSSR count). The zero-order valence-corrected chi connectivity index (χ0v) is 36.0. The molecule has 0 bridgehead atoms. The van der Waals surface area contributed by atoms with Crippen LogP contribution in [0.4, 0.5) is 0 Å². The first kappa shape index (κ1) is 39.3. The minimum absolute atomic E-state index is 0.701. The number of para-hydroxylation sites is 1. The molecule has 2 heterocycles. The van der Waals surface area contributed by atoms with Gasteiger partial charge in [-0.1, -0.05) is 204 Å². The van der Waals surface area contributed by atoms with Crippen LogP contribution in [0.3, 0.4) is 0 Å². The van der Waals surface area contributed by atoms with Crippen molar-refractivity contribution in [1.29, 1.82) is 0 Å². The average Bonchev–Trinajstić information content (AvgIpc) is 3.71. The minimum Gasteiger partial charge on any atom is -0.309 e. The Morgan fingerprint density at radius 3 is 1.57 bits per heavy atom. The van der Waals surface area contributed by atoms with E-state index in [0.29, 0.717) is 5.82 Å². The van der Waals surface area contributed by atoms with Gasteiger partial charge in [0.15, 0.2) is 5.82 Å². The van der Waals surface area contributed by atoms with Crippen molar-refractivity contribution >= 4 is 64.9 Å². The molecule has 2 aromatic heterocycles.